The molecule has 0 bridgehead atoms. The number of rotatable bonds is 7. The highest BCUT2D eigenvalue weighted by atomic mass is 16.3. The summed E-state index contributed by atoms with van der Waals surface area (Å²) in [5.74, 6) is 0.0950. The summed E-state index contributed by atoms with van der Waals surface area (Å²) < 4.78 is 0. The molecule has 100 valence electrons. The number of likely N-dealkylation sites (N-methyl/N-ethyl adjacent to an activating group) is 1. The van der Waals surface area contributed by atoms with Gasteiger partial charge in [0.05, 0.1) is 6.61 Å². The van der Waals surface area contributed by atoms with Crippen molar-refractivity contribution in [1.29, 1.82) is 0 Å². The second kappa shape index (κ2) is 7.84. The van der Waals surface area contributed by atoms with Gasteiger partial charge >= 0.3 is 0 Å². The third kappa shape index (κ3) is 4.47. The SMILES string of the molecule is CCN(CCO)CCC(=O)N(C)c1ccccc1. The Morgan fingerprint density at radius 2 is 1.89 bits per heavy atom. The third-order valence-corrected chi connectivity index (χ3v) is 3.02. The average Bonchev–Trinajstić information content (AvgIpc) is 2.43. The van der Waals surface area contributed by atoms with Crippen LogP contribution in [0.15, 0.2) is 30.3 Å². The van der Waals surface area contributed by atoms with Crippen LogP contribution >= 0.6 is 0 Å². The van der Waals surface area contributed by atoms with E-state index in [-0.39, 0.29) is 12.5 Å². The second-order valence-corrected chi connectivity index (χ2v) is 4.20. The molecule has 0 aliphatic carbocycles. The molecule has 0 aliphatic heterocycles. The summed E-state index contributed by atoms with van der Waals surface area (Å²) >= 11 is 0. The molecule has 1 N–H and O–H groups in total. The van der Waals surface area contributed by atoms with Crippen LogP contribution in [0.25, 0.3) is 0 Å². The van der Waals surface area contributed by atoms with E-state index < -0.39 is 0 Å². The van der Waals surface area contributed by atoms with Gasteiger partial charge in [0.15, 0.2) is 0 Å². The number of hydrogen-bond acceptors (Lipinski definition) is 3. The van der Waals surface area contributed by atoms with E-state index in [0.717, 1.165) is 12.2 Å². The number of carbonyl (C=O) groups is 1. The van der Waals surface area contributed by atoms with Gasteiger partial charge in [-0.15, -0.1) is 0 Å². The van der Waals surface area contributed by atoms with E-state index in [0.29, 0.717) is 19.5 Å². The number of aliphatic hydroxyl groups excluding tert-OH is 1. The highest BCUT2D eigenvalue weighted by molar-refractivity contribution is 5.92. The Kier molecular flexibility index (Phi) is 6.39. The topological polar surface area (TPSA) is 43.8 Å². The quantitative estimate of drug-likeness (QED) is 0.794. The maximum Gasteiger partial charge on any atom is 0.228 e. The fraction of sp³-hybridized carbons (Fsp3) is 0.500. The molecule has 0 heterocycles. The summed E-state index contributed by atoms with van der Waals surface area (Å²) in [6.45, 7) is 4.33. The summed E-state index contributed by atoms with van der Waals surface area (Å²) in [6, 6.07) is 9.61. The van der Waals surface area contributed by atoms with Crippen LogP contribution in [-0.2, 0) is 4.79 Å². The molecule has 18 heavy (non-hydrogen) atoms. The van der Waals surface area contributed by atoms with Crippen LogP contribution in [-0.4, -0.2) is 49.2 Å². The van der Waals surface area contributed by atoms with Gasteiger partial charge in [0, 0.05) is 32.2 Å². The van der Waals surface area contributed by atoms with E-state index >= 15 is 0 Å². The molecule has 1 aromatic rings. The minimum atomic E-state index is 0.0950. The van der Waals surface area contributed by atoms with Crippen molar-refractivity contribution in [3.63, 3.8) is 0 Å². The van der Waals surface area contributed by atoms with Gasteiger partial charge in [0.25, 0.3) is 0 Å². The van der Waals surface area contributed by atoms with Gasteiger partial charge in [-0.1, -0.05) is 25.1 Å². The minimum absolute atomic E-state index is 0.0950. The van der Waals surface area contributed by atoms with E-state index in [2.05, 4.69) is 4.90 Å². The molecular weight excluding hydrogens is 228 g/mol. The Morgan fingerprint density at radius 3 is 2.44 bits per heavy atom. The zero-order valence-electron chi connectivity index (χ0n) is 11.2. The Hall–Kier alpha value is -1.39. The van der Waals surface area contributed by atoms with E-state index in [1.807, 2.05) is 37.3 Å². The van der Waals surface area contributed by atoms with Crippen molar-refractivity contribution in [2.24, 2.45) is 0 Å². The van der Waals surface area contributed by atoms with Crippen LogP contribution in [0.5, 0.6) is 0 Å². The zero-order chi connectivity index (χ0) is 13.4. The third-order valence-electron chi connectivity index (χ3n) is 3.02. The highest BCUT2D eigenvalue weighted by Crippen LogP contribution is 2.12. The van der Waals surface area contributed by atoms with Gasteiger partial charge in [-0.05, 0) is 18.7 Å². The van der Waals surface area contributed by atoms with Crippen molar-refractivity contribution in [2.45, 2.75) is 13.3 Å². The van der Waals surface area contributed by atoms with Crippen molar-refractivity contribution in [3.8, 4) is 0 Å². The fourth-order valence-corrected chi connectivity index (χ4v) is 1.79. The lowest BCUT2D eigenvalue weighted by Gasteiger charge is -2.21. The van der Waals surface area contributed by atoms with Crippen molar-refractivity contribution in [1.82, 2.24) is 4.90 Å². The van der Waals surface area contributed by atoms with Gasteiger partial charge in [-0.3, -0.25) is 4.79 Å². The fourth-order valence-electron chi connectivity index (χ4n) is 1.79. The lowest BCUT2D eigenvalue weighted by molar-refractivity contribution is -0.118. The van der Waals surface area contributed by atoms with Crippen LogP contribution in [0, 0.1) is 0 Å². The first-order chi connectivity index (χ1) is 8.69. The Labute approximate surface area is 109 Å². The van der Waals surface area contributed by atoms with Gasteiger partial charge in [-0.2, -0.15) is 0 Å². The molecule has 1 aromatic carbocycles. The molecule has 0 unspecified atom stereocenters. The Morgan fingerprint density at radius 1 is 1.22 bits per heavy atom. The first-order valence-electron chi connectivity index (χ1n) is 6.33. The highest BCUT2D eigenvalue weighted by Gasteiger charge is 2.12. The van der Waals surface area contributed by atoms with Crippen LogP contribution in [0.2, 0.25) is 0 Å². The van der Waals surface area contributed by atoms with Crippen molar-refractivity contribution in [3.05, 3.63) is 30.3 Å². The maximum atomic E-state index is 12.0. The molecule has 0 spiro atoms. The number of hydrogen-bond donors (Lipinski definition) is 1. The normalized spacial score (nSPS) is 10.7. The first kappa shape index (κ1) is 14.7. The summed E-state index contributed by atoms with van der Waals surface area (Å²) in [6.07, 6.45) is 0.471. The van der Waals surface area contributed by atoms with Crippen LogP contribution < -0.4 is 4.90 Å². The van der Waals surface area contributed by atoms with Crippen molar-refractivity contribution in [2.75, 3.05) is 38.2 Å². The molecule has 0 saturated heterocycles. The molecule has 0 aliphatic rings. The second-order valence-electron chi connectivity index (χ2n) is 4.20. The van der Waals surface area contributed by atoms with Crippen LogP contribution in [0.3, 0.4) is 0 Å². The molecule has 0 atom stereocenters. The number of carbonyl (C=O) groups excluding carboxylic acids is 1. The molecule has 4 heteroatoms. The van der Waals surface area contributed by atoms with Gasteiger partial charge in [0.1, 0.15) is 0 Å². The predicted molar refractivity (Wildman–Crippen MR) is 73.7 cm³/mol. The average molecular weight is 250 g/mol. The molecule has 0 saturated carbocycles. The lowest BCUT2D eigenvalue weighted by atomic mass is 10.2. The molecule has 4 nitrogen and oxygen atoms in total. The molecule has 1 rings (SSSR count). The monoisotopic (exact) mass is 250 g/mol. The van der Waals surface area contributed by atoms with Gasteiger partial charge in [0.2, 0.25) is 5.91 Å². The Balaban J connectivity index is 2.45. The molecule has 0 radical (unpaired) electrons. The number of aliphatic hydroxyl groups is 1. The molecule has 0 fully saturated rings. The number of anilines is 1. The lowest BCUT2D eigenvalue weighted by Crippen LogP contribution is -2.33. The summed E-state index contributed by atoms with van der Waals surface area (Å²) in [5.41, 5.74) is 0.910. The van der Waals surface area contributed by atoms with Gasteiger partial charge in [-0.25, -0.2) is 0 Å². The van der Waals surface area contributed by atoms with E-state index in [1.165, 1.54) is 0 Å². The van der Waals surface area contributed by atoms with Crippen LogP contribution in [0.4, 0.5) is 5.69 Å². The van der Waals surface area contributed by atoms with Crippen molar-refractivity contribution < 1.29 is 9.90 Å². The largest absolute Gasteiger partial charge is 0.395 e. The summed E-state index contributed by atoms with van der Waals surface area (Å²) in [5, 5.41) is 8.88. The standard InChI is InChI=1S/C14H22N2O2/c1-3-16(11-12-17)10-9-14(18)15(2)13-7-5-4-6-8-13/h4-8,17H,3,9-12H2,1-2H3. The zero-order valence-corrected chi connectivity index (χ0v) is 11.2. The van der Waals surface area contributed by atoms with E-state index in [4.69, 9.17) is 5.11 Å². The minimum Gasteiger partial charge on any atom is -0.395 e. The number of nitrogens with zero attached hydrogens (tertiary/aromatic N) is 2. The smallest absolute Gasteiger partial charge is 0.228 e. The predicted octanol–water partition coefficient (Wildman–Crippen LogP) is 1.35. The summed E-state index contributed by atoms with van der Waals surface area (Å²) in [7, 11) is 1.79. The summed E-state index contributed by atoms with van der Waals surface area (Å²) in [4.78, 5) is 15.7. The first-order valence-corrected chi connectivity index (χ1v) is 6.33. The number of para-hydroxylation sites is 1. The molecule has 0 aromatic heterocycles. The van der Waals surface area contributed by atoms with E-state index in [9.17, 15) is 4.79 Å². The maximum absolute atomic E-state index is 12.0. The number of amides is 1. The van der Waals surface area contributed by atoms with Gasteiger partial charge < -0.3 is 14.9 Å². The van der Waals surface area contributed by atoms with Crippen molar-refractivity contribution >= 4 is 11.6 Å². The van der Waals surface area contributed by atoms with Crippen LogP contribution in [0.1, 0.15) is 13.3 Å². The Bertz CT molecular complexity index is 354. The molecular formula is C14H22N2O2. The molecule has 1 amide bonds. The van der Waals surface area contributed by atoms with E-state index in [1.54, 1.807) is 11.9 Å². The number of benzene rings is 1.